The highest BCUT2D eigenvalue weighted by atomic mass is 35.5. The second-order valence-corrected chi connectivity index (χ2v) is 1.41. The van der Waals surface area contributed by atoms with Crippen LogP contribution in [0.25, 0.3) is 0 Å². The fraction of sp³-hybridized carbons (Fsp3) is 0.667. The first-order valence-electron chi connectivity index (χ1n) is 1.49. The van der Waals surface area contributed by atoms with Crippen molar-refractivity contribution >= 4 is 30.0 Å². The Morgan fingerprint density at radius 2 is 2.33 bits per heavy atom. The Bertz CT molecular complexity index is 48.8. The summed E-state index contributed by atoms with van der Waals surface area (Å²) >= 11 is 8.72. The molecule has 0 aromatic rings. The third-order valence-corrected chi connectivity index (χ3v) is 0.976. The third-order valence-electron chi connectivity index (χ3n) is 0.325. The van der Waals surface area contributed by atoms with Gasteiger partial charge in [-0.15, -0.1) is 11.6 Å². The van der Waals surface area contributed by atoms with E-state index in [1.54, 1.807) is 0 Å². The topological polar surface area (TPSA) is 17.1 Å². The Hall–Kier alpha value is 0.310. The monoisotopic (exact) mass is 124 g/mol. The molecule has 0 spiro atoms. The van der Waals surface area contributed by atoms with Crippen molar-refractivity contribution in [3.8, 4) is 0 Å². The van der Waals surface area contributed by atoms with Gasteiger partial charge >= 0.3 is 0 Å². The van der Waals surface area contributed by atoms with Crippen molar-refractivity contribution in [3.05, 3.63) is 0 Å². The van der Waals surface area contributed by atoms with Crippen LogP contribution >= 0.6 is 24.2 Å². The third kappa shape index (κ3) is 2.54. The maximum absolute atomic E-state index is 9.97. The van der Waals surface area contributed by atoms with Gasteiger partial charge in [-0.3, -0.25) is 4.79 Å². The van der Waals surface area contributed by atoms with E-state index in [2.05, 4.69) is 12.6 Å². The van der Waals surface area contributed by atoms with Crippen molar-refractivity contribution in [2.24, 2.45) is 0 Å². The zero-order valence-electron chi connectivity index (χ0n) is 3.15. The molecule has 3 heteroatoms. The number of Topliss-reactive ketones (excluding diaryl/α,β-unsaturated/α-hetero) is 1. The van der Waals surface area contributed by atoms with Crippen LogP contribution in [0.15, 0.2) is 0 Å². The summed E-state index contributed by atoms with van der Waals surface area (Å²) in [6, 6.07) is 0. The molecule has 0 saturated carbocycles. The molecule has 0 rings (SSSR count). The molecule has 0 aliphatic rings. The van der Waals surface area contributed by atoms with Crippen LogP contribution < -0.4 is 0 Å². The van der Waals surface area contributed by atoms with Crippen LogP contribution in [0.2, 0.25) is 0 Å². The molecular weight excluding hydrogens is 120 g/mol. The summed E-state index contributed by atoms with van der Waals surface area (Å²) in [7, 11) is 0. The summed E-state index contributed by atoms with van der Waals surface area (Å²) in [6.07, 6.45) is 0. The molecule has 0 aromatic carbocycles. The van der Waals surface area contributed by atoms with Crippen molar-refractivity contribution in [2.75, 3.05) is 11.6 Å². The van der Waals surface area contributed by atoms with E-state index in [1.165, 1.54) is 0 Å². The van der Waals surface area contributed by atoms with E-state index in [-0.39, 0.29) is 17.4 Å². The fourth-order valence-corrected chi connectivity index (χ4v) is 0.380. The van der Waals surface area contributed by atoms with Gasteiger partial charge in [0.05, 0.1) is 11.6 Å². The number of rotatable bonds is 2. The van der Waals surface area contributed by atoms with Gasteiger partial charge in [0.15, 0.2) is 5.78 Å². The molecule has 0 radical (unpaired) electrons. The molecule has 0 heterocycles. The Morgan fingerprint density at radius 1 is 1.83 bits per heavy atom. The maximum atomic E-state index is 9.97. The number of hydrogen-bond acceptors (Lipinski definition) is 2. The van der Waals surface area contributed by atoms with Gasteiger partial charge in [0, 0.05) is 0 Å². The molecular formula is C3H5ClOS. The van der Waals surface area contributed by atoms with Crippen molar-refractivity contribution in [2.45, 2.75) is 0 Å². The molecule has 0 fully saturated rings. The van der Waals surface area contributed by atoms with Crippen LogP contribution in [0.1, 0.15) is 0 Å². The number of carbonyl (C=O) groups is 1. The zero-order chi connectivity index (χ0) is 4.99. The minimum atomic E-state index is -0.0278. The second-order valence-electron chi connectivity index (χ2n) is 0.830. The summed E-state index contributed by atoms with van der Waals surface area (Å²) in [5.74, 6) is 0.313. The Morgan fingerprint density at radius 3 is 2.33 bits per heavy atom. The van der Waals surface area contributed by atoms with Crippen LogP contribution in [0, 0.1) is 0 Å². The summed E-state index contributed by atoms with van der Waals surface area (Å²) in [5.41, 5.74) is 0. The minimum Gasteiger partial charge on any atom is -0.297 e. The van der Waals surface area contributed by atoms with Crippen molar-refractivity contribution in [3.63, 3.8) is 0 Å². The number of carbonyl (C=O) groups excluding carboxylic acids is 1. The quantitative estimate of drug-likeness (QED) is 0.424. The molecule has 0 atom stereocenters. The van der Waals surface area contributed by atoms with Crippen LogP contribution in [-0.2, 0) is 4.79 Å². The largest absolute Gasteiger partial charge is 0.297 e. The van der Waals surface area contributed by atoms with Crippen LogP contribution in [0.3, 0.4) is 0 Å². The number of thiol groups is 1. The van der Waals surface area contributed by atoms with E-state index >= 15 is 0 Å². The lowest BCUT2D eigenvalue weighted by molar-refractivity contribution is -0.114. The minimum absolute atomic E-state index is 0.0278. The molecule has 36 valence electrons. The van der Waals surface area contributed by atoms with Gasteiger partial charge in [0.2, 0.25) is 0 Å². The molecule has 1 nitrogen and oxygen atoms in total. The maximum Gasteiger partial charge on any atom is 0.157 e. The molecule has 0 aromatic heterocycles. The Balaban J connectivity index is 2.99. The zero-order valence-corrected chi connectivity index (χ0v) is 4.80. The summed E-state index contributed by atoms with van der Waals surface area (Å²) in [5, 5.41) is 0. The van der Waals surface area contributed by atoms with Crippen molar-refractivity contribution in [1.82, 2.24) is 0 Å². The standard InChI is InChI=1S/C3H5ClOS/c4-1-3(5)2-6/h6H,1-2H2. The first-order chi connectivity index (χ1) is 2.81. The summed E-state index contributed by atoms with van der Waals surface area (Å²) < 4.78 is 0. The predicted octanol–water partition coefficient (Wildman–Crippen LogP) is 0.724. The Labute approximate surface area is 47.1 Å². The molecule has 0 N–H and O–H groups in total. The van der Waals surface area contributed by atoms with Gasteiger partial charge in [-0.2, -0.15) is 12.6 Å². The average Bonchev–Trinajstić information content (AvgIpc) is 1.65. The molecule has 0 unspecified atom stereocenters. The molecule has 0 amide bonds. The van der Waals surface area contributed by atoms with E-state index in [9.17, 15) is 4.79 Å². The highest BCUT2D eigenvalue weighted by Crippen LogP contribution is 1.79. The number of alkyl halides is 1. The van der Waals surface area contributed by atoms with E-state index < -0.39 is 0 Å². The summed E-state index contributed by atoms with van der Waals surface area (Å²) in [4.78, 5) is 9.97. The molecule has 0 aliphatic heterocycles. The van der Waals surface area contributed by atoms with Crippen LogP contribution in [0.5, 0.6) is 0 Å². The number of halogens is 1. The van der Waals surface area contributed by atoms with Gasteiger partial charge < -0.3 is 0 Å². The first-order valence-corrected chi connectivity index (χ1v) is 2.66. The van der Waals surface area contributed by atoms with E-state index in [1.807, 2.05) is 0 Å². The van der Waals surface area contributed by atoms with Crippen LogP contribution in [0.4, 0.5) is 0 Å². The molecule has 0 bridgehead atoms. The molecule has 0 aliphatic carbocycles. The second kappa shape index (κ2) is 3.50. The van der Waals surface area contributed by atoms with Crippen LogP contribution in [-0.4, -0.2) is 17.4 Å². The smallest absolute Gasteiger partial charge is 0.157 e. The summed E-state index contributed by atoms with van der Waals surface area (Å²) in [6.45, 7) is 0. The number of ketones is 1. The highest BCUT2D eigenvalue weighted by molar-refractivity contribution is 7.81. The van der Waals surface area contributed by atoms with Gasteiger partial charge in [-0.05, 0) is 0 Å². The fourth-order valence-electron chi connectivity index (χ4n) is 0.0423. The molecule has 6 heavy (non-hydrogen) atoms. The average molecular weight is 125 g/mol. The molecule has 0 saturated heterocycles. The number of hydrogen-bond donors (Lipinski definition) is 1. The van der Waals surface area contributed by atoms with Gasteiger partial charge in [0.1, 0.15) is 0 Å². The lowest BCUT2D eigenvalue weighted by Gasteiger charge is -1.79. The van der Waals surface area contributed by atoms with Crippen molar-refractivity contribution < 1.29 is 4.79 Å². The first kappa shape index (κ1) is 6.31. The lowest BCUT2D eigenvalue weighted by atomic mass is 10.5. The van der Waals surface area contributed by atoms with Crippen molar-refractivity contribution in [1.29, 1.82) is 0 Å². The van der Waals surface area contributed by atoms with E-state index in [0.29, 0.717) is 0 Å². The normalized spacial score (nSPS) is 8.33. The van der Waals surface area contributed by atoms with Gasteiger partial charge in [-0.25, -0.2) is 0 Å². The SMILES string of the molecule is O=C(CS)CCl. The lowest BCUT2D eigenvalue weighted by Crippen LogP contribution is -1.98. The predicted molar refractivity (Wildman–Crippen MR) is 29.6 cm³/mol. The van der Waals surface area contributed by atoms with Gasteiger partial charge in [0.25, 0.3) is 0 Å². The van der Waals surface area contributed by atoms with E-state index in [4.69, 9.17) is 11.6 Å². The van der Waals surface area contributed by atoms with E-state index in [0.717, 1.165) is 0 Å². The highest BCUT2D eigenvalue weighted by Gasteiger charge is 1.89. The van der Waals surface area contributed by atoms with Gasteiger partial charge in [-0.1, -0.05) is 0 Å². The Kier molecular flexibility index (Phi) is 3.68.